The third kappa shape index (κ3) is 479000. The zero-order chi connectivity index (χ0) is 28.6. The van der Waals surface area contributed by atoms with Crippen LogP contribution in [0.25, 0.3) is 0 Å². The molecule has 0 saturated carbocycles. The van der Waals surface area contributed by atoms with Crippen molar-refractivity contribution in [1.82, 2.24) is 0 Å². The van der Waals surface area contributed by atoms with Gasteiger partial charge in [0.2, 0.25) is 0 Å². The molecule has 0 fully saturated rings. The normalized spacial score (nSPS) is 5.19. The molecule has 0 heterocycles. The van der Waals surface area contributed by atoms with Gasteiger partial charge in [-0.15, -0.1) is 0 Å². The summed E-state index contributed by atoms with van der Waals surface area (Å²) in [5.74, 6) is 0. The fourth-order valence-electron chi connectivity index (χ4n) is 0. The maximum absolute atomic E-state index is 8.52. The second-order valence-electron chi connectivity index (χ2n) is 2.00. The van der Waals surface area contributed by atoms with Gasteiger partial charge in [0.05, 0.1) is 0 Å². The van der Waals surface area contributed by atoms with E-state index in [1.54, 1.807) is 0 Å². The quantitative estimate of drug-likeness (QED) is 0.207. The molecule has 0 aliphatic carbocycles. The van der Waals surface area contributed by atoms with E-state index < -0.39 is 73.4 Å². The summed E-state index contributed by atoms with van der Waals surface area (Å²) in [5.41, 5.74) is 0. The molecule has 0 rings (SSSR count). The largest absolute Gasteiger partial charge is 2.00 e. The van der Waals surface area contributed by atoms with Gasteiger partial charge in [-0.1, -0.05) is 0 Å². The van der Waals surface area contributed by atoms with E-state index in [0.29, 0.717) is 0 Å². The van der Waals surface area contributed by atoms with Gasteiger partial charge < -0.3 is 121 Å². The summed E-state index contributed by atoms with van der Waals surface area (Å²) >= 11 is 0. The Hall–Kier alpha value is 0.299. The standard InChI is InChI=1S/2Al.3Mg.8O3Si.12H/c;;;;;8*1-4(2)3;;;;;;;;;;;;/q;;3*+2;8*-2;;;;;;;6*-1. The Morgan fingerprint density at radius 3 is 0.243 bits per heavy atom. The molecule has 0 unspecified atom stereocenters. The minimum atomic E-state index is -3.63. The second kappa shape index (κ2) is 76.6. The van der Waals surface area contributed by atoms with Crippen LogP contribution in [0, 0.1) is 0 Å². The van der Waals surface area contributed by atoms with Crippen LogP contribution in [0.15, 0.2) is 0 Å². The average molecular weight is 748 g/mol. The van der Waals surface area contributed by atoms with Crippen LogP contribution in [0.1, 0.15) is 8.56 Å². The molecule has 0 aliphatic rings. The third-order valence-electron chi connectivity index (χ3n) is 0. The van der Waals surface area contributed by atoms with Crippen LogP contribution in [0.5, 0.6) is 0 Å². The van der Waals surface area contributed by atoms with Crippen LogP contribution < -0.4 is 76.7 Å². The molecule has 0 radical (unpaired) electrons. The predicted molar refractivity (Wildman–Crippen MR) is 95.3 cm³/mol. The van der Waals surface area contributed by atoms with Gasteiger partial charge in [0.15, 0.2) is 34.7 Å². The van der Waals surface area contributed by atoms with Crippen molar-refractivity contribution in [3.8, 4) is 0 Å². The molecule has 0 aliphatic heterocycles. The molecule has 0 aromatic rings. The van der Waals surface area contributed by atoms with Gasteiger partial charge in [-0.25, -0.2) is 0 Å². The topological polar surface area (TPSA) is 506 Å². The van der Waals surface area contributed by atoms with Crippen LogP contribution in [-0.4, -0.2) is 177 Å². The molecular weight excluding hydrogens is 736 g/mol. The molecule has 0 spiro atoms. The van der Waals surface area contributed by atoms with Crippen molar-refractivity contribution in [2.45, 2.75) is 0 Å². The first kappa shape index (κ1) is 83.2. The first-order chi connectivity index (χ1) is 13.9. The molecule has 24 nitrogen and oxygen atoms in total. The number of hydrogen-bond acceptors (Lipinski definition) is 24. The van der Waals surface area contributed by atoms with Gasteiger partial charge in [-0.3, -0.25) is 0 Å². The van der Waals surface area contributed by atoms with E-state index in [1.807, 2.05) is 0 Å². The summed E-state index contributed by atoms with van der Waals surface area (Å²) in [5, 5.41) is 0. The van der Waals surface area contributed by atoms with Crippen molar-refractivity contribution in [3.05, 3.63) is 0 Å². The minimum Gasteiger partial charge on any atom is -1.00 e. The van der Waals surface area contributed by atoms with Crippen molar-refractivity contribution >= 4 is 177 Å². The van der Waals surface area contributed by atoms with Gasteiger partial charge in [0, 0.05) is 73.4 Å². The second-order valence-corrected chi connectivity index (χ2v) is 6.00. The van der Waals surface area contributed by atoms with Crippen LogP contribution in [0.4, 0.5) is 0 Å². The molecule has 0 N–H and O–H groups in total. The summed E-state index contributed by atoms with van der Waals surface area (Å²) in [6.07, 6.45) is 0. The Morgan fingerprint density at radius 1 is 0.243 bits per heavy atom. The third-order valence-corrected chi connectivity index (χ3v) is 0. The Labute approximate surface area is 295 Å². The monoisotopic (exact) mass is 746 g/mol. The number of rotatable bonds is 0. The van der Waals surface area contributed by atoms with Crippen molar-refractivity contribution in [2.75, 3.05) is 0 Å². The molecular formula is H12Al2Mg3O24Si8-16. The molecule has 37 heteroatoms. The molecule has 0 bridgehead atoms. The minimum absolute atomic E-state index is 0. The van der Waals surface area contributed by atoms with Crippen molar-refractivity contribution in [3.63, 3.8) is 0 Å². The van der Waals surface area contributed by atoms with Crippen LogP contribution >= 0.6 is 0 Å². The molecule has 0 atom stereocenters. The first-order valence-electron chi connectivity index (χ1n) is 4.90. The molecule has 216 valence electrons. The Bertz CT molecular complexity index is 405. The van der Waals surface area contributed by atoms with E-state index >= 15 is 0 Å². The summed E-state index contributed by atoms with van der Waals surface area (Å²) in [6, 6.07) is 0. The first-order valence-corrected chi connectivity index (χ1v) is 14.7. The van der Waals surface area contributed by atoms with Gasteiger partial charge >= 0.3 is 69.2 Å². The van der Waals surface area contributed by atoms with Crippen molar-refractivity contribution in [2.24, 2.45) is 0 Å². The average Bonchev–Trinajstić information content (AvgIpc) is 2.30. The van der Waals surface area contributed by atoms with E-state index in [0.717, 1.165) is 0 Å². The number of hydrogen-bond donors (Lipinski definition) is 0. The van der Waals surface area contributed by atoms with Gasteiger partial charge in [-0.2, -0.15) is 0 Å². The van der Waals surface area contributed by atoms with Gasteiger partial charge in [0.25, 0.3) is 0 Å². The maximum atomic E-state index is 8.52. The predicted octanol–water partition coefficient (Wildman–Crippen LogP) is -25.9. The van der Waals surface area contributed by atoms with Crippen LogP contribution in [0.3, 0.4) is 0 Å². The van der Waals surface area contributed by atoms with Crippen molar-refractivity contribution in [1.29, 1.82) is 0 Å². The molecule has 0 aromatic heterocycles. The molecule has 37 heavy (non-hydrogen) atoms. The van der Waals surface area contributed by atoms with Gasteiger partial charge in [-0.05, 0) is 0 Å². The fraction of sp³-hybridized carbons (Fsp3) is 0. The zero-order valence-corrected chi connectivity index (χ0v) is 28.2. The Balaban J connectivity index is -0.00000000869. The van der Waals surface area contributed by atoms with E-state index in [-0.39, 0.29) is 112 Å². The van der Waals surface area contributed by atoms with Crippen molar-refractivity contribution < 1.29 is 121 Å². The van der Waals surface area contributed by atoms with Crippen LogP contribution in [0.2, 0.25) is 0 Å². The Kier molecular flexibility index (Phi) is 172. The van der Waals surface area contributed by atoms with Gasteiger partial charge in [0.1, 0.15) is 0 Å². The molecule has 0 aromatic carbocycles. The maximum Gasteiger partial charge on any atom is 2.00 e. The molecule has 0 saturated heterocycles. The fourth-order valence-corrected chi connectivity index (χ4v) is 0. The summed E-state index contributed by atoms with van der Waals surface area (Å²) in [7, 11) is -29.0. The summed E-state index contributed by atoms with van der Waals surface area (Å²) in [6.45, 7) is 0. The van der Waals surface area contributed by atoms with E-state index in [4.69, 9.17) is 112 Å². The van der Waals surface area contributed by atoms with Crippen LogP contribution in [-0.2, 0) is 35.7 Å². The summed E-state index contributed by atoms with van der Waals surface area (Å²) in [4.78, 5) is 136. The van der Waals surface area contributed by atoms with E-state index in [1.165, 1.54) is 0 Å². The summed E-state index contributed by atoms with van der Waals surface area (Å²) < 4.78 is 68.1. The SMILES string of the molecule is O=[Si]([O-])[O-].O=[Si]([O-])[O-].O=[Si]([O-])[O-].O=[Si]([O-])[O-].O=[Si]([O-])[O-].O=[Si]([O-])[O-].O=[Si]([O-])[O-].O=[Si]([O-])[O-].[AlH3].[AlH3].[H-].[H-].[H-].[H-].[H-].[H-].[Mg+2].[Mg+2].[Mg+2]. The molecule has 0 amide bonds. The van der Waals surface area contributed by atoms with E-state index in [2.05, 4.69) is 0 Å². The smallest absolute Gasteiger partial charge is 1.00 e. The van der Waals surface area contributed by atoms with E-state index in [9.17, 15) is 0 Å². The zero-order valence-electron chi connectivity index (χ0n) is 21.9. The Morgan fingerprint density at radius 2 is 0.243 bits per heavy atom.